The predicted molar refractivity (Wildman–Crippen MR) is 65.3 cm³/mol. The van der Waals surface area contributed by atoms with Crippen molar-refractivity contribution in [3.63, 3.8) is 0 Å². The van der Waals surface area contributed by atoms with E-state index >= 15 is 0 Å². The van der Waals surface area contributed by atoms with Gasteiger partial charge < -0.3 is 10.4 Å². The van der Waals surface area contributed by atoms with Crippen molar-refractivity contribution in [3.8, 4) is 0 Å². The van der Waals surface area contributed by atoms with Crippen molar-refractivity contribution in [1.29, 1.82) is 0 Å². The van der Waals surface area contributed by atoms with Crippen molar-refractivity contribution in [2.75, 3.05) is 0 Å². The molecular weight excluding hydrogens is 202 g/mol. The van der Waals surface area contributed by atoms with Gasteiger partial charge in [0, 0.05) is 6.04 Å². The van der Waals surface area contributed by atoms with Crippen LogP contribution in [0.4, 0.5) is 0 Å². The van der Waals surface area contributed by atoms with Crippen LogP contribution >= 0.6 is 0 Å². The molecule has 0 bridgehead atoms. The molecule has 2 N–H and O–H groups in total. The van der Waals surface area contributed by atoms with Crippen LogP contribution in [0.5, 0.6) is 0 Å². The maximum Gasteiger partial charge on any atom is 0.321 e. The lowest BCUT2D eigenvalue weighted by molar-refractivity contribution is -0.141. The van der Waals surface area contributed by atoms with Gasteiger partial charge in [0.1, 0.15) is 6.04 Å². The van der Waals surface area contributed by atoms with Crippen molar-refractivity contribution in [3.05, 3.63) is 11.6 Å². The molecular formula is C13H23NO2. The van der Waals surface area contributed by atoms with Gasteiger partial charge in [-0.2, -0.15) is 0 Å². The van der Waals surface area contributed by atoms with E-state index < -0.39 is 12.0 Å². The van der Waals surface area contributed by atoms with Crippen LogP contribution in [0.1, 0.15) is 40.5 Å². The molecule has 0 aliphatic heterocycles. The van der Waals surface area contributed by atoms with Gasteiger partial charge >= 0.3 is 5.97 Å². The number of hydrogen-bond acceptors (Lipinski definition) is 2. The normalized spacial score (nSPS) is 27.7. The Bertz CT molecular complexity index is 284. The van der Waals surface area contributed by atoms with Crippen molar-refractivity contribution < 1.29 is 9.90 Å². The Morgan fingerprint density at radius 3 is 2.62 bits per heavy atom. The highest BCUT2D eigenvalue weighted by molar-refractivity contribution is 5.74. The molecule has 3 unspecified atom stereocenters. The number of carbonyl (C=O) groups is 1. The van der Waals surface area contributed by atoms with Gasteiger partial charge in [-0.3, -0.25) is 4.79 Å². The average Bonchev–Trinajstić information content (AvgIpc) is 2.11. The van der Waals surface area contributed by atoms with Gasteiger partial charge in [0.2, 0.25) is 0 Å². The molecule has 92 valence electrons. The van der Waals surface area contributed by atoms with E-state index in [1.165, 1.54) is 5.57 Å². The molecule has 0 radical (unpaired) electrons. The van der Waals surface area contributed by atoms with Gasteiger partial charge in [-0.15, -0.1) is 0 Å². The van der Waals surface area contributed by atoms with Crippen LogP contribution in [-0.2, 0) is 4.79 Å². The molecule has 3 nitrogen and oxygen atoms in total. The predicted octanol–water partition coefficient (Wildman–Crippen LogP) is 2.43. The van der Waals surface area contributed by atoms with E-state index in [1.807, 2.05) is 13.8 Å². The molecule has 0 fully saturated rings. The Kier molecular flexibility index (Phi) is 4.54. The zero-order valence-corrected chi connectivity index (χ0v) is 10.7. The maximum atomic E-state index is 11.3. The summed E-state index contributed by atoms with van der Waals surface area (Å²) < 4.78 is 0. The van der Waals surface area contributed by atoms with Crippen LogP contribution < -0.4 is 5.32 Å². The SMILES string of the molecule is CC1=CC(C)CC(C(NC(C)C)C(=O)O)C1. The lowest BCUT2D eigenvalue weighted by atomic mass is 9.79. The minimum Gasteiger partial charge on any atom is -0.480 e. The van der Waals surface area contributed by atoms with Crippen molar-refractivity contribution in [2.45, 2.75) is 52.6 Å². The molecule has 0 aromatic rings. The van der Waals surface area contributed by atoms with Gasteiger partial charge in [-0.25, -0.2) is 0 Å². The topological polar surface area (TPSA) is 49.3 Å². The number of rotatable bonds is 4. The molecule has 0 saturated carbocycles. The number of allylic oxidation sites excluding steroid dienone is 2. The lowest BCUT2D eigenvalue weighted by Gasteiger charge is -2.31. The first-order valence-electron chi connectivity index (χ1n) is 6.06. The zero-order valence-electron chi connectivity index (χ0n) is 10.7. The summed E-state index contributed by atoms with van der Waals surface area (Å²) in [6.45, 7) is 8.23. The van der Waals surface area contributed by atoms with Crippen molar-refractivity contribution in [1.82, 2.24) is 5.32 Å². The van der Waals surface area contributed by atoms with Crippen LogP contribution in [0.2, 0.25) is 0 Å². The summed E-state index contributed by atoms with van der Waals surface area (Å²) in [4.78, 5) is 11.3. The van der Waals surface area contributed by atoms with Crippen LogP contribution in [-0.4, -0.2) is 23.2 Å². The number of nitrogens with one attached hydrogen (secondary N) is 1. The summed E-state index contributed by atoms with van der Waals surface area (Å²) in [5, 5.41) is 12.4. The molecule has 1 aliphatic carbocycles. The third-order valence-corrected chi connectivity index (χ3v) is 3.08. The summed E-state index contributed by atoms with van der Waals surface area (Å²) >= 11 is 0. The van der Waals surface area contributed by atoms with E-state index in [1.54, 1.807) is 0 Å². The third-order valence-electron chi connectivity index (χ3n) is 3.08. The number of carboxylic acids is 1. The average molecular weight is 225 g/mol. The first kappa shape index (κ1) is 13.2. The van der Waals surface area contributed by atoms with Gasteiger partial charge in [0.05, 0.1) is 0 Å². The highest BCUT2D eigenvalue weighted by atomic mass is 16.4. The highest BCUT2D eigenvalue weighted by Crippen LogP contribution is 2.30. The molecule has 3 atom stereocenters. The smallest absolute Gasteiger partial charge is 0.321 e. The van der Waals surface area contributed by atoms with E-state index in [0.29, 0.717) is 5.92 Å². The molecule has 0 heterocycles. The molecule has 1 aliphatic rings. The molecule has 16 heavy (non-hydrogen) atoms. The Hall–Kier alpha value is -0.830. The van der Waals surface area contributed by atoms with Gasteiger partial charge in [0.15, 0.2) is 0 Å². The van der Waals surface area contributed by atoms with Crippen LogP contribution in [0, 0.1) is 11.8 Å². The van der Waals surface area contributed by atoms with Crippen molar-refractivity contribution >= 4 is 5.97 Å². The van der Waals surface area contributed by atoms with Crippen LogP contribution in [0.25, 0.3) is 0 Å². The molecule has 3 heteroatoms. The second kappa shape index (κ2) is 5.48. The quantitative estimate of drug-likeness (QED) is 0.722. The van der Waals surface area contributed by atoms with E-state index in [4.69, 9.17) is 0 Å². The van der Waals surface area contributed by atoms with Gasteiger partial charge in [-0.05, 0) is 31.6 Å². The molecule has 0 amide bonds. The number of carboxylic acid groups (broad SMARTS) is 1. The summed E-state index contributed by atoms with van der Waals surface area (Å²) in [5.41, 5.74) is 1.32. The molecule has 0 spiro atoms. The number of hydrogen-bond donors (Lipinski definition) is 2. The van der Waals surface area contributed by atoms with E-state index in [9.17, 15) is 9.90 Å². The maximum absolute atomic E-state index is 11.3. The highest BCUT2D eigenvalue weighted by Gasteiger charge is 2.31. The first-order valence-corrected chi connectivity index (χ1v) is 6.06. The fraction of sp³-hybridized carbons (Fsp3) is 0.769. The second-order valence-electron chi connectivity index (χ2n) is 5.33. The summed E-state index contributed by atoms with van der Waals surface area (Å²) in [5.74, 6) is -0.00457. The van der Waals surface area contributed by atoms with E-state index in [0.717, 1.165) is 12.8 Å². The Balaban J connectivity index is 2.72. The van der Waals surface area contributed by atoms with E-state index in [2.05, 4.69) is 25.2 Å². The molecule has 0 saturated heterocycles. The van der Waals surface area contributed by atoms with Crippen molar-refractivity contribution in [2.24, 2.45) is 11.8 Å². The van der Waals surface area contributed by atoms with Gasteiger partial charge in [-0.1, -0.05) is 32.4 Å². The lowest BCUT2D eigenvalue weighted by Crippen LogP contribution is -2.47. The summed E-state index contributed by atoms with van der Waals surface area (Å²) in [7, 11) is 0. The first-order chi connectivity index (χ1) is 7.40. The monoisotopic (exact) mass is 225 g/mol. The summed E-state index contributed by atoms with van der Waals surface area (Å²) in [6.07, 6.45) is 4.12. The minimum atomic E-state index is -0.722. The largest absolute Gasteiger partial charge is 0.480 e. The molecule has 0 aromatic heterocycles. The fourth-order valence-electron chi connectivity index (χ4n) is 2.62. The number of aliphatic carboxylic acids is 1. The Morgan fingerprint density at radius 2 is 2.19 bits per heavy atom. The molecule has 0 aromatic carbocycles. The third kappa shape index (κ3) is 3.63. The summed E-state index contributed by atoms with van der Waals surface area (Å²) in [6, 6.07) is -0.200. The van der Waals surface area contributed by atoms with Crippen LogP contribution in [0.3, 0.4) is 0 Å². The Labute approximate surface area is 97.9 Å². The van der Waals surface area contributed by atoms with E-state index in [-0.39, 0.29) is 12.0 Å². The van der Waals surface area contributed by atoms with Gasteiger partial charge in [0.25, 0.3) is 0 Å². The second-order valence-corrected chi connectivity index (χ2v) is 5.33. The standard InChI is InChI=1S/C13H23NO2/c1-8(2)14-12(13(15)16)11-6-9(3)5-10(4)7-11/h5,8-9,11-12,14H,6-7H2,1-4H3,(H,15,16). The van der Waals surface area contributed by atoms with Crippen LogP contribution in [0.15, 0.2) is 11.6 Å². The minimum absolute atomic E-state index is 0.211. The Morgan fingerprint density at radius 1 is 1.56 bits per heavy atom. The zero-order chi connectivity index (χ0) is 12.3. The fourth-order valence-corrected chi connectivity index (χ4v) is 2.62. The molecule has 1 rings (SSSR count).